The first-order valence-electron chi connectivity index (χ1n) is 8.10. The molecule has 1 aliphatic rings. The second-order valence-corrected chi connectivity index (χ2v) is 6.81. The average Bonchev–Trinajstić information content (AvgIpc) is 3.11. The Hall–Kier alpha value is -2.05. The molecule has 1 aromatic carbocycles. The molecule has 1 atom stereocenters. The van der Waals surface area contributed by atoms with Crippen molar-refractivity contribution in [1.29, 1.82) is 0 Å². The molecule has 1 fully saturated rings. The molecule has 0 aliphatic carbocycles. The number of carbonyl (C=O) groups is 2. The lowest BCUT2D eigenvalue weighted by atomic mass is 10.0. The van der Waals surface area contributed by atoms with Crippen LogP contribution in [0.25, 0.3) is 0 Å². The van der Waals surface area contributed by atoms with Crippen molar-refractivity contribution in [3.63, 3.8) is 0 Å². The number of hydrogen-bond acceptors (Lipinski definition) is 5. The minimum absolute atomic E-state index is 0.0300. The van der Waals surface area contributed by atoms with Crippen LogP contribution in [0, 0.1) is 0 Å². The minimum Gasteiger partial charge on any atom is -0.377 e. The molecule has 1 aliphatic heterocycles. The molecule has 5 nitrogen and oxygen atoms in total. The number of carbonyl (C=O) groups excluding carboxylic acids is 2. The van der Waals surface area contributed by atoms with Gasteiger partial charge in [0.25, 0.3) is 5.91 Å². The van der Waals surface area contributed by atoms with E-state index in [-0.39, 0.29) is 24.2 Å². The standard InChI is InChI=1S/C18H20N2O3S/c1-2-17-19-11-16(24-17)18(22)20-8-9-23-12-14(20)10-15(21)13-6-4-3-5-7-13/h3-7,11,14H,2,8-10,12H2,1H3/t14-/m0/s1. The lowest BCUT2D eigenvalue weighted by Crippen LogP contribution is -2.49. The van der Waals surface area contributed by atoms with Crippen molar-refractivity contribution < 1.29 is 14.3 Å². The predicted octanol–water partition coefficient (Wildman–Crippen LogP) is 2.82. The number of ether oxygens (including phenoxy) is 1. The molecule has 3 rings (SSSR count). The predicted molar refractivity (Wildman–Crippen MR) is 92.5 cm³/mol. The Morgan fingerprint density at radius 1 is 1.33 bits per heavy atom. The maximum Gasteiger partial charge on any atom is 0.265 e. The van der Waals surface area contributed by atoms with E-state index in [4.69, 9.17) is 4.74 Å². The molecular formula is C18H20N2O3S. The summed E-state index contributed by atoms with van der Waals surface area (Å²) in [4.78, 5) is 31.9. The van der Waals surface area contributed by atoms with Crippen LogP contribution in [-0.2, 0) is 11.2 Å². The highest BCUT2D eigenvalue weighted by Crippen LogP contribution is 2.21. The second kappa shape index (κ2) is 7.68. The number of aryl methyl sites for hydroxylation is 1. The van der Waals surface area contributed by atoms with E-state index in [2.05, 4.69) is 4.98 Å². The summed E-state index contributed by atoms with van der Waals surface area (Å²) >= 11 is 1.42. The number of aromatic nitrogens is 1. The molecule has 126 valence electrons. The number of morpholine rings is 1. The minimum atomic E-state index is -0.230. The van der Waals surface area contributed by atoms with Crippen LogP contribution in [0.2, 0.25) is 0 Å². The lowest BCUT2D eigenvalue weighted by molar-refractivity contribution is -0.00256. The summed E-state index contributed by atoms with van der Waals surface area (Å²) in [6, 6.07) is 8.94. The zero-order chi connectivity index (χ0) is 16.9. The number of hydrogen-bond donors (Lipinski definition) is 0. The number of benzene rings is 1. The lowest BCUT2D eigenvalue weighted by Gasteiger charge is -2.35. The van der Waals surface area contributed by atoms with Crippen LogP contribution < -0.4 is 0 Å². The van der Waals surface area contributed by atoms with E-state index in [1.165, 1.54) is 11.3 Å². The molecular weight excluding hydrogens is 324 g/mol. The van der Waals surface area contributed by atoms with Gasteiger partial charge in [-0.3, -0.25) is 9.59 Å². The van der Waals surface area contributed by atoms with Crippen LogP contribution in [-0.4, -0.2) is 47.4 Å². The fourth-order valence-electron chi connectivity index (χ4n) is 2.76. The molecule has 0 N–H and O–H groups in total. The Labute approximate surface area is 145 Å². The van der Waals surface area contributed by atoms with Gasteiger partial charge in [0, 0.05) is 18.5 Å². The van der Waals surface area contributed by atoms with E-state index >= 15 is 0 Å². The summed E-state index contributed by atoms with van der Waals surface area (Å²) in [5, 5.41) is 0.948. The van der Waals surface area contributed by atoms with Gasteiger partial charge in [-0.25, -0.2) is 4.98 Å². The fourth-order valence-corrected chi connectivity index (χ4v) is 3.57. The third kappa shape index (κ3) is 3.71. The molecule has 6 heteroatoms. The highest BCUT2D eigenvalue weighted by molar-refractivity contribution is 7.13. The molecule has 1 saturated heterocycles. The molecule has 1 aromatic heterocycles. The normalized spacial score (nSPS) is 17.7. The molecule has 0 saturated carbocycles. The monoisotopic (exact) mass is 344 g/mol. The number of thiazole rings is 1. The second-order valence-electron chi connectivity index (χ2n) is 5.69. The molecule has 0 bridgehead atoms. The van der Waals surface area contributed by atoms with E-state index in [0.29, 0.717) is 30.2 Å². The topological polar surface area (TPSA) is 59.5 Å². The van der Waals surface area contributed by atoms with E-state index in [0.717, 1.165) is 11.4 Å². The van der Waals surface area contributed by atoms with Crippen molar-refractivity contribution in [1.82, 2.24) is 9.88 Å². The SMILES string of the molecule is CCc1ncc(C(=O)N2CCOC[C@@H]2CC(=O)c2ccccc2)s1. The molecule has 0 radical (unpaired) electrons. The Morgan fingerprint density at radius 2 is 2.12 bits per heavy atom. The number of amides is 1. The first-order chi connectivity index (χ1) is 11.7. The maximum atomic E-state index is 12.8. The zero-order valence-electron chi connectivity index (χ0n) is 13.6. The largest absolute Gasteiger partial charge is 0.377 e. The van der Waals surface area contributed by atoms with Gasteiger partial charge >= 0.3 is 0 Å². The van der Waals surface area contributed by atoms with Gasteiger partial charge in [-0.05, 0) is 6.42 Å². The fraction of sp³-hybridized carbons (Fsp3) is 0.389. The maximum absolute atomic E-state index is 12.8. The van der Waals surface area contributed by atoms with Crippen molar-refractivity contribution >= 4 is 23.0 Å². The highest BCUT2D eigenvalue weighted by atomic mass is 32.1. The van der Waals surface area contributed by atoms with Gasteiger partial charge in [-0.1, -0.05) is 37.3 Å². The third-order valence-corrected chi connectivity index (χ3v) is 5.20. The van der Waals surface area contributed by atoms with Crippen LogP contribution in [0.15, 0.2) is 36.5 Å². The average molecular weight is 344 g/mol. The highest BCUT2D eigenvalue weighted by Gasteiger charge is 2.31. The summed E-state index contributed by atoms with van der Waals surface area (Å²) < 4.78 is 5.50. The van der Waals surface area contributed by atoms with Gasteiger partial charge in [-0.15, -0.1) is 11.3 Å². The van der Waals surface area contributed by atoms with E-state index < -0.39 is 0 Å². The van der Waals surface area contributed by atoms with Crippen molar-refractivity contribution in [2.45, 2.75) is 25.8 Å². The van der Waals surface area contributed by atoms with Crippen LogP contribution in [0.3, 0.4) is 0 Å². The quantitative estimate of drug-likeness (QED) is 0.783. The summed E-state index contributed by atoms with van der Waals surface area (Å²) in [5.41, 5.74) is 0.668. The van der Waals surface area contributed by atoms with Gasteiger partial charge in [0.15, 0.2) is 5.78 Å². The Kier molecular flexibility index (Phi) is 5.37. The van der Waals surface area contributed by atoms with Crippen LogP contribution in [0.5, 0.6) is 0 Å². The summed E-state index contributed by atoms with van der Waals surface area (Å²) in [6.45, 7) is 3.42. The van der Waals surface area contributed by atoms with Crippen LogP contribution >= 0.6 is 11.3 Å². The number of Topliss-reactive ketones (excluding diaryl/α,β-unsaturated/α-hetero) is 1. The molecule has 2 heterocycles. The summed E-state index contributed by atoms with van der Waals surface area (Å²) in [7, 11) is 0. The van der Waals surface area contributed by atoms with Gasteiger partial charge < -0.3 is 9.64 Å². The number of nitrogens with zero attached hydrogens (tertiary/aromatic N) is 2. The van der Waals surface area contributed by atoms with E-state index in [1.807, 2.05) is 25.1 Å². The molecule has 24 heavy (non-hydrogen) atoms. The summed E-state index contributed by atoms with van der Waals surface area (Å²) in [6.07, 6.45) is 2.73. The first kappa shape index (κ1) is 16.8. The molecule has 0 unspecified atom stereocenters. The first-order valence-corrected chi connectivity index (χ1v) is 8.92. The van der Waals surface area contributed by atoms with Crippen molar-refractivity contribution in [3.8, 4) is 0 Å². The molecule has 1 amide bonds. The molecule has 0 spiro atoms. The van der Waals surface area contributed by atoms with Crippen LogP contribution in [0.1, 0.15) is 38.4 Å². The van der Waals surface area contributed by atoms with Gasteiger partial charge in [-0.2, -0.15) is 0 Å². The van der Waals surface area contributed by atoms with Crippen LogP contribution in [0.4, 0.5) is 0 Å². The van der Waals surface area contributed by atoms with Gasteiger partial charge in [0.05, 0.1) is 30.5 Å². The van der Waals surface area contributed by atoms with E-state index in [1.54, 1.807) is 23.2 Å². The number of ketones is 1. The van der Waals surface area contributed by atoms with Crippen molar-refractivity contribution in [2.75, 3.05) is 19.8 Å². The van der Waals surface area contributed by atoms with Gasteiger partial charge in [0.2, 0.25) is 0 Å². The molecule has 2 aromatic rings. The van der Waals surface area contributed by atoms with E-state index in [9.17, 15) is 9.59 Å². The smallest absolute Gasteiger partial charge is 0.265 e. The van der Waals surface area contributed by atoms with Crippen molar-refractivity contribution in [3.05, 3.63) is 52.0 Å². The zero-order valence-corrected chi connectivity index (χ0v) is 14.4. The number of rotatable bonds is 5. The van der Waals surface area contributed by atoms with Crippen molar-refractivity contribution in [2.24, 2.45) is 0 Å². The Bertz CT molecular complexity index is 714. The Morgan fingerprint density at radius 3 is 2.83 bits per heavy atom. The Balaban J connectivity index is 1.73. The summed E-state index contributed by atoms with van der Waals surface area (Å²) in [5.74, 6) is -0.0242. The van der Waals surface area contributed by atoms with Gasteiger partial charge in [0.1, 0.15) is 4.88 Å². The third-order valence-electron chi connectivity index (χ3n) is 4.07.